The fourth-order valence-corrected chi connectivity index (χ4v) is 2.86. The Morgan fingerprint density at radius 1 is 1.14 bits per heavy atom. The Labute approximate surface area is 145 Å². The SMILES string of the molecule is CCOc1ccccc1CCCNC(=O)c1ccccc1I. The molecule has 1 amide bonds. The number of rotatable bonds is 7. The molecule has 2 aromatic carbocycles. The van der Waals surface area contributed by atoms with Gasteiger partial charge >= 0.3 is 0 Å². The van der Waals surface area contributed by atoms with E-state index in [4.69, 9.17) is 4.74 Å². The average Bonchev–Trinajstić information content (AvgIpc) is 2.53. The highest BCUT2D eigenvalue weighted by molar-refractivity contribution is 14.1. The van der Waals surface area contributed by atoms with Gasteiger partial charge in [-0.3, -0.25) is 4.79 Å². The molecule has 0 bridgehead atoms. The Balaban J connectivity index is 1.83. The normalized spacial score (nSPS) is 10.3. The van der Waals surface area contributed by atoms with Crippen molar-refractivity contribution in [3.63, 3.8) is 0 Å². The van der Waals surface area contributed by atoms with Crippen molar-refractivity contribution in [2.75, 3.05) is 13.2 Å². The molecule has 0 saturated carbocycles. The van der Waals surface area contributed by atoms with E-state index in [2.05, 4.69) is 34.0 Å². The van der Waals surface area contributed by atoms with E-state index in [1.807, 2.05) is 49.4 Å². The first-order chi connectivity index (χ1) is 10.7. The van der Waals surface area contributed by atoms with E-state index < -0.39 is 0 Å². The van der Waals surface area contributed by atoms with Crippen molar-refractivity contribution in [1.29, 1.82) is 0 Å². The molecule has 0 radical (unpaired) electrons. The first-order valence-corrected chi connectivity index (χ1v) is 8.53. The zero-order valence-electron chi connectivity index (χ0n) is 12.6. The van der Waals surface area contributed by atoms with Gasteiger partial charge in [-0.25, -0.2) is 0 Å². The van der Waals surface area contributed by atoms with Crippen LogP contribution in [0.4, 0.5) is 0 Å². The Bertz CT molecular complexity index is 628. The molecular formula is C18H20INO2. The van der Waals surface area contributed by atoms with Gasteiger partial charge in [0.05, 0.1) is 12.2 Å². The number of aryl methyl sites for hydroxylation is 1. The van der Waals surface area contributed by atoms with Crippen molar-refractivity contribution in [2.24, 2.45) is 0 Å². The largest absolute Gasteiger partial charge is 0.494 e. The summed E-state index contributed by atoms with van der Waals surface area (Å²) in [6.07, 6.45) is 1.78. The van der Waals surface area contributed by atoms with Crippen LogP contribution in [0.2, 0.25) is 0 Å². The molecule has 4 heteroatoms. The van der Waals surface area contributed by atoms with Gasteiger partial charge in [-0.05, 0) is 66.1 Å². The molecular weight excluding hydrogens is 389 g/mol. The predicted octanol–water partition coefficient (Wildman–Crippen LogP) is 4.05. The second kappa shape index (κ2) is 8.78. The van der Waals surface area contributed by atoms with Gasteiger partial charge in [-0.15, -0.1) is 0 Å². The van der Waals surface area contributed by atoms with Crippen molar-refractivity contribution >= 4 is 28.5 Å². The number of para-hydroxylation sites is 1. The molecule has 2 rings (SSSR count). The molecule has 0 aliphatic rings. The summed E-state index contributed by atoms with van der Waals surface area (Å²) in [4.78, 5) is 12.1. The van der Waals surface area contributed by atoms with E-state index in [0.29, 0.717) is 13.2 Å². The zero-order chi connectivity index (χ0) is 15.8. The highest BCUT2D eigenvalue weighted by Gasteiger charge is 2.08. The van der Waals surface area contributed by atoms with E-state index in [-0.39, 0.29) is 5.91 Å². The van der Waals surface area contributed by atoms with Gasteiger partial charge in [0.2, 0.25) is 0 Å². The summed E-state index contributed by atoms with van der Waals surface area (Å²) in [7, 11) is 0. The highest BCUT2D eigenvalue weighted by atomic mass is 127. The molecule has 0 fully saturated rings. The number of hydrogen-bond donors (Lipinski definition) is 1. The lowest BCUT2D eigenvalue weighted by Gasteiger charge is -2.10. The number of benzene rings is 2. The first-order valence-electron chi connectivity index (χ1n) is 7.45. The maximum absolute atomic E-state index is 12.1. The third-order valence-corrected chi connectivity index (χ3v) is 4.24. The Morgan fingerprint density at radius 3 is 2.64 bits per heavy atom. The molecule has 2 aromatic rings. The Morgan fingerprint density at radius 2 is 1.86 bits per heavy atom. The number of carbonyl (C=O) groups is 1. The monoisotopic (exact) mass is 409 g/mol. The molecule has 0 spiro atoms. The lowest BCUT2D eigenvalue weighted by atomic mass is 10.1. The van der Waals surface area contributed by atoms with Crippen LogP contribution in [0, 0.1) is 3.57 Å². The predicted molar refractivity (Wildman–Crippen MR) is 97.4 cm³/mol. The topological polar surface area (TPSA) is 38.3 Å². The molecule has 22 heavy (non-hydrogen) atoms. The molecule has 3 nitrogen and oxygen atoms in total. The van der Waals surface area contributed by atoms with Gasteiger partial charge in [0.15, 0.2) is 0 Å². The fourth-order valence-electron chi connectivity index (χ4n) is 2.23. The van der Waals surface area contributed by atoms with Gasteiger partial charge < -0.3 is 10.1 Å². The minimum Gasteiger partial charge on any atom is -0.494 e. The summed E-state index contributed by atoms with van der Waals surface area (Å²) < 4.78 is 6.58. The van der Waals surface area contributed by atoms with Crippen molar-refractivity contribution in [3.8, 4) is 5.75 Å². The number of hydrogen-bond acceptors (Lipinski definition) is 2. The summed E-state index contributed by atoms with van der Waals surface area (Å²) in [5, 5.41) is 2.98. The summed E-state index contributed by atoms with van der Waals surface area (Å²) >= 11 is 2.18. The molecule has 0 aliphatic heterocycles. The summed E-state index contributed by atoms with van der Waals surface area (Å²) in [6.45, 7) is 3.31. The van der Waals surface area contributed by atoms with Gasteiger partial charge in [-0.2, -0.15) is 0 Å². The lowest BCUT2D eigenvalue weighted by molar-refractivity contribution is 0.0952. The Kier molecular flexibility index (Phi) is 6.71. The third-order valence-electron chi connectivity index (χ3n) is 3.30. The van der Waals surface area contributed by atoms with Crippen molar-refractivity contribution < 1.29 is 9.53 Å². The summed E-state index contributed by atoms with van der Waals surface area (Å²) in [6, 6.07) is 15.7. The number of amides is 1. The quantitative estimate of drug-likeness (QED) is 0.554. The highest BCUT2D eigenvalue weighted by Crippen LogP contribution is 2.19. The van der Waals surface area contributed by atoms with Crippen LogP contribution in [0.5, 0.6) is 5.75 Å². The molecule has 0 aliphatic carbocycles. The lowest BCUT2D eigenvalue weighted by Crippen LogP contribution is -2.25. The molecule has 1 N–H and O–H groups in total. The molecule has 0 aromatic heterocycles. The number of ether oxygens (including phenoxy) is 1. The number of carbonyl (C=O) groups excluding carboxylic acids is 1. The minimum absolute atomic E-state index is 0.0110. The van der Waals surface area contributed by atoms with Crippen LogP contribution in [-0.2, 0) is 6.42 Å². The van der Waals surface area contributed by atoms with Crippen LogP contribution >= 0.6 is 22.6 Å². The van der Waals surface area contributed by atoms with E-state index in [0.717, 1.165) is 27.7 Å². The van der Waals surface area contributed by atoms with Crippen LogP contribution in [0.3, 0.4) is 0 Å². The van der Waals surface area contributed by atoms with E-state index >= 15 is 0 Å². The minimum atomic E-state index is -0.0110. The third kappa shape index (κ3) is 4.73. The molecule has 0 unspecified atom stereocenters. The second-order valence-corrected chi connectivity index (χ2v) is 6.04. The average molecular weight is 409 g/mol. The van der Waals surface area contributed by atoms with Gasteiger partial charge in [0.1, 0.15) is 5.75 Å². The van der Waals surface area contributed by atoms with E-state index in [1.165, 1.54) is 5.56 Å². The zero-order valence-corrected chi connectivity index (χ0v) is 14.8. The maximum Gasteiger partial charge on any atom is 0.252 e. The molecule has 0 heterocycles. The molecule has 0 atom stereocenters. The summed E-state index contributed by atoms with van der Waals surface area (Å²) in [5.74, 6) is 0.928. The number of halogens is 1. The van der Waals surface area contributed by atoms with Gasteiger partial charge in [0, 0.05) is 10.1 Å². The molecule has 116 valence electrons. The molecule has 0 saturated heterocycles. The second-order valence-electron chi connectivity index (χ2n) is 4.88. The van der Waals surface area contributed by atoms with Gasteiger partial charge in [0.25, 0.3) is 5.91 Å². The van der Waals surface area contributed by atoms with Crippen LogP contribution < -0.4 is 10.1 Å². The Hall–Kier alpha value is -1.56. The fraction of sp³-hybridized carbons (Fsp3) is 0.278. The van der Waals surface area contributed by atoms with Crippen LogP contribution in [0.15, 0.2) is 48.5 Å². The first kappa shape index (κ1) is 16.8. The summed E-state index contributed by atoms with van der Waals surface area (Å²) in [5.41, 5.74) is 1.92. The van der Waals surface area contributed by atoms with E-state index in [1.54, 1.807) is 0 Å². The smallest absolute Gasteiger partial charge is 0.252 e. The standard InChI is InChI=1S/C18H20INO2/c1-2-22-17-12-6-3-8-14(17)9-7-13-20-18(21)15-10-4-5-11-16(15)19/h3-6,8,10-12H,2,7,9,13H2,1H3,(H,20,21). The number of nitrogens with one attached hydrogen (secondary N) is 1. The van der Waals surface area contributed by atoms with E-state index in [9.17, 15) is 4.79 Å². The maximum atomic E-state index is 12.1. The van der Waals surface area contributed by atoms with Crippen LogP contribution in [0.25, 0.3) is 0 Å². The van der Waals surface area contributed by atoms with Crippen LogP contribution in [0.1, 0.15) is 29.3 Å². The van der Waals surface area contributed by atoms with Crippen molar-refractivity contribution in [1.82, 2.24) is 5.32 Å². The van der Waals surface area contributed by atoms with Crippen LogP contribution in [-0.4, -0.2) is 19.1 Å². The van der Waals surface area contributed by atoms with Crippen molar-refractivity contribution in [2.45, 2.75) is 19.8 Å². The van der Waals surface area contributed by atoms with Gasteiger partial charge in [-0.1, -0.05) is 30.3 Å². The van der Waals surface area contributed by atoms with Crippen molar-refractivity contribution in [3.05, 3.63) is 63.2 Å².